The van der Waals surface area contributed by atoms with Crippen LogP contribution in [0.3, 0.4) is 0 Å². The molecule has 2 heterocycles. The van der Waals surface area contributed by atoms with Gasteiger partial charge in [0.15, 0.2) is 0 Å². The van der Waals surface area contributed by atoms with Gasteiger partial charge in [0.1, 0.15) is 0 Å². The van der Waals surface area contributed by atoms with Gasteiger partial charge in [0, 0.05) is 17.5 Å². The van der Waals surface area contributed by atoms with Crippen LogP contribution in [0.4, 0.5) is 0 Å². The van der Waals surface area contributed by atoms with Crippen molar-refractivity contribution in [3.63, 3.8) is 0 Å². The average Bonchev–Trinajstić information content (AvgIpc) is 3.00. The molecule has 3 unspecified atom stereocenters. The topological polar surface area (TPSA) is 46.3 Å². The van der Waals surface area contributed by atoms with Crippen LogP contribution < -0.4 is 5.73 Å². The fourth-order valence-corrected chi connectivity index (χ4v) is 4.71. The Bertz CT molecular complexity index is 516. The fourth-order valence-electron chi connectivity index (χ4n) is 3.55. The van der Waals surface area contributed by atoms with E-state index in [0.29, 0.717) is 18.5 Å². The van der Waals surface area contributed by atoms with Crippen molar-refractivity contribution >= 4 is 29.7 Å². The molecule has 0 saturated carbocycles. The lowest BCUT2D eigenvalue weighted by molar-refractivity contribution is 0.0748. The third-order valence-electron chi connectivity index (χ3n) is 4.80. The Labute approximate surface area is 137 Å². The SMILES string of the molecule is CC1CCc2sc(C(=O)N3CC(CN)CC3C)cc2C1.Cl. The number of carbonyl (C=O) groups is 1. The molecule has 0 radical (unpaired) electrons. The Morgan fingerprint density at radius 1 is 1.48 bits per heavy atom. The van der Waals surface area contributed by atoms with E-state index in [0.717, 1.165) is 36.6 Å². The van der Waals surface area contributed by atoms with Gasteiger partial charge in [0.2, 0.25) is 0 Å². The van der Waals surface area contributed by atoms with Gasteiger partial charge >= 0.3 is 0 Å². The number of thiophene rings is 1. The molecule has 118 valence electrons. The number of likely N-dealkylation sites (tertiary alicyclic amines) is 1. The number of hydrogen-bond acceptors (Lipinski definition) is 3. The maximum Gasteiger partial charge on any atom is 0.264 e. The highest BCUT2D eigenvalue weighted by Crippen LogP contribution is 2.34. The normalized spacial score (nSPS) is 28.1. The Hall–Kier alpha value is -0.580. The number of fused-ring (bicyclic) bond motifs is 1. The first-order valence-corrected chi connectivity index (χ1v) is 8.52. The molecule has 21 heavy (non-hydrogen) atoms. The summed E-state index contributed by atoms with van der Waals surface area (Å²) in [6.45, 7) is 5.96. The molecule has 1 aromatic rings. The van der Waals surface area contributed by atoms with Crippen LogP contribution in [0, 0.1) is 11.8 Å². The van der Waals surface area contributed by atoms with Crippen LogP contribution in [0.25, 0.3) is 0 Å². The van der Waals surface area contributed by atoms with Crippen LogP contribution in [0.1, 0.15) is 46.8 Å². The molecule has 0 bridgehead atoms. The quantitative estimate of drug-likeness (QED) is 0.906. The summed E-state index contributed by atoms with van der Waals surface area (Å²) in [5, 5.41) is 0. The second kappa shape index (κ2) is 6.67. The van der Waals surface area contributed by atoms with Gasteiger partial charge < -0.3 is 10.6 Å². The largest absolute Gasteiger partial charge is 0.335 e. The summed E-state index contributed by atoms with van der Waals surface area (Å²) in [4.78, 5) is 17.1. The van der Waals surface area contributed by atoms with Gasteiger partial charge in [-0.15, -0.1) is 23.7 Å². The van der Waals surface area contributed by atoms with Gasteiger partial charge in [-0.3, -0.25) is 4.79 Å². The third-order valence-corrected chi connectivity index (χ3v) is 6.02. The van der Waals surface area contributed by atoms with Crippen molar-refractivity contribution in [3.05, 3.63) is 21.4 Å². The lowest BCUT2D eigenvalue weighted by atomic mass is 9.90. The van der Waals surface area contributed by atoms with Crippen molar-refractivity contribution in [3.8, 4) is 0 Å². The Morgan fingerprint density at radius 2 is 2.24 bits per heavy atom. The summed E-state index contributed by atoms with van der Waals surface area (Å²) in [6, 6.07) is 2.48. The highest BCUT2D eigenvalue weighted by molar-refractivity contribution is 7.14. The van der Waals surface area contributed by atoms with E-state index in [-0.39, 0.29) is 18.3 Å². The molecule has 1 aromatic heterocycles. The van der Waals surface area contributed by atoms with Gasteiger partial charge in [-0.25, -0.2) is 0 Å². The molecular weight excluding hydrogens is 304 g/mol. The van der Waals surface area contributed by atoms with E-state index in [1.165, 1.54) is 16.9 Å². The molecule has 1 fully saturated rings. The fraction of sp³-hybridized carbons (Fsp3) is 0.688. The van der Waals surface area contributed by atoms with Crippen LogP contribution >= 0.6 is 23.7 Å². The smallest absolute Gasteiger partial charge is 0.264 e. The highest BCUT2D eigenvalue weighted by Gasteiger charge is 2.33. The van der Waals surface area contributed by atoms with Crippen LogP contribution in [0.2, 0.25) is 0 Å². The van der Waals surface area contributed by atoms with Crippen molar-refractivity contribution < 1.29 is 4.79 Å². The first-order chi connectivity index (χ1) is 9.58. The molecule has 1 aliphatic heterocycles. The van der Waals surface area contributed by atoms with E-state index in [4.69, 9.17) is 5.73 Å². The molecular formula is C16H25ClN2OS. The lowest BCUT2D eigenvalue weighted by Gasteiger charge is -2.20. The lowest BCUT2D eigenvalue weighted by Crippen LogP contribution is -2.33. The molecule has 3 nitrogen and oxygen atoms in total. The van der Waals surface area contributed by atoms with Crippen molar-refractivity contribution in [2.75, 3.05) is 13.1 Å². The van der Waals surface area contributed by atoms with Crippen LogP contribution in [-0.4, -0.2) is 29.9 Å². The number of rotatable bonds is 2. The molecule has 5 heteroatoms. The van der Waals surface area contributed by atoms with Crippen LogP contribution in [0.15, 0.2) is 6.07 Å². The number of halogens is 1. The first-order valence-electron chi connectivity index (χ1n) is 7.71. The minimum atomic E-state index is 0. The molecule has 1 saturated heterocycles. The first kappa shape index (κ1) is 16.8. The molecule has 0 spiro atoms. The second-order valence-electron chi connectivity index (χ2n) is 6.55. The van der Waals surface area contributed by atoms with Crippen molar-refractivity contribution in [2.24, 2.45) is 17.6 Å². The summed E-state index contributed by atoms with van der Waals surface area (Å²) in [7, 11) is 0. The molecule has 2 aliphatic rings. The van der Waals surface area contributed by atoms with E-state index in [9.17, 15) is 4.79 Å². The Kier molecular flexibility index (Phi) is 5.33. The number of carbonyl (C=O) groups excluding carboxylic acids is 1. The summed E-state index contributed by atoms with van der Waals surface area (Å²) >= 11 is 1.72. The predicted molar refractivity (Wildman–Crippen MR) is 90.4 cm³/mol. The number of hydrogen-bond donors (Lipinski definition) is 1. The second-order valence-corrected chi connectivity index (χ2v) is 7.69. The zero-order valence-electron chi connectivity index (χ0n) is 12.8. The Morgan fingerprint density at radius 3 is 2.90 bits per heavy atom. The molecule has 3 rings (SSSR count). The van der Waals surface area contributed by atoms with Crippen molar-refractivity contribution in [1.82, 2.24) is 4.90 Å². The standard InChI is InChI=1S/C16H24N2OS.ClH/c1-10-3-4-14-13(5-10)7-15(20-14)16(19)18-9-12(8-17)6-11(18)2;/h7,10-12H,3-6,8-9,17H2,1-2H3;1H. The molecule has 2 N–H and O–H groups in total. The zero-order valence-corrected chi connectivity index (χ0v) is 14.4. The van der Waals surface area contributed by atoms with Crippen LogP contribution in [0.5, 0.6) is 0 Å². The van der Waals surface area contributed by atoms with Crippen molar-refractivity contribution in [1.29, 1.82) is 0 Å². The maximum absolute atomic E-state index is 12.7. The molecule has 1 amide bonds. The van der Waals surface area contributed by atoms with Crippen molar-refractivity contribution in [2.45, 2.75) is 45.6 Å². The monoisotopic (exact) mass is 328 g/mol. The van der Waals surface area contributed by atoms with Crippen LogP contribution in [-0.2, 0) is 12.8 Å². The molecule has 3 atom stereocenters. The maximum atomic E-state index is 12.7. The van der Waals surface area contributed by atoms with E-state index < -0.39 is 0 Å². The highest BCUT2D eigenvalue weighted by atomic mass is 35.5. The van der Waals surface area contributed by atoms with Gasteiger partial charge in [-0.2, -0.15) is 0 Å². The molecule has 0 aromatic carbocycles. The number of aryl methyl sites for hydroxylation is 1. The van der Waals surface area contributed by atoms with E-state index in [1.54, 1.807) is 11.3 Å². The summed E-state index contributed by atoms with van der Waals surface area (Å²) < 4.78 is 0. The summed E-state index contributed by atoms with van der Waals surface area (Å²) in [6.07, 6.45) is 4.59. The van der Waals surface area contributed by atoms with Gasteiger partial charge in [0.25, 0.3) is 5.91 Å². The average molecular weight is 329 g/mol. The van der Waals surface area contributed by atoms with Gasteiger partial charge in [-0.05, 0) is 62.6 Å². The van der Waals surface area contributed by atoms with E-state index in [2.05, 4.69) is 19.9 Å². The number of nitrogens with zero attached hydrogens (tertiary/aromatic N) is 1. The minimum Gasteiger partial charge on any atom is -0.335 e. The third kappa shape index (κ3) is 3.27. The van der Waals surface area contributed by atoms with Gasteiger partial charge in [-0.1, -0.05) is 6.92 Å². The Balaban J connectivity index is 0.00000161. The summed E-state index contributed by atoms with van der Waals surface area (Å²) in [5.74, 6) is 1.46. The predicted octanol–water partition coefficient (Wildman–Crippen LogP) is 3.10. The number of amides is 1. The number of nitrogens with two attached hydrogens (primary N) is 1. The van der Waals surface area contributed by atoms with E-state index in [1.807, 2.05) is 4.90 Å². The molecule has 1 aliphatic carbocycles. The summed E-state index contributed by atoms with van der Waals surface area (Å²) in [5.41, 5.74) is 7.17. The zero-order chi connectivity index (χ0) is 14.3. The minimum absolute atomic E-state index is 0. The van der Waals surface area contributed by atoms with E-state index >= 15 is 0 Å². The van der Waals surface area contributed by atoms with Gasteiger partial charge in [0.05, 0.1) is 4.88 Å².